The number of nitrogens with zero attached hydrogens (tertiary/aromatic N) is 6. The van der Waals surface area contributed by atoms with Gasteiger partial charge in [-0.25, -0.2) is 9.50 Å². The van der Waals surface area contributed by atoms with Gasteiger partial charge in [0.15, 0.2) is 0 Å². The second-order valence-electron chi connectivity index (χ2n) is 11.6. The fraction of sp³-hybridized carbons (Fsp3) is 0.333. The zero-order valence-electron chi connectivity index (χ0n) is 24.4. The summed E-state index contributed by atoms with van der Waals surface area (Å²) in [5.74, 6) is 0.542. The van der Waals surface area contributed by atoms with Crippen LogP contribution in [0.1, 0.15) is 51.1 Å². The molecule has 2 fully saturated rings. The second-order valence-corrected chi connectivity index (χ2v) is 11.6. The van der Waals surface area contributed by atoms with Crippen molar-refractivity contribution in [3.8, 4) is 0 Å². The zero-order valence-corrected chi connectivity index (χ0v) is 24.4. The molecule has 0 radical (unpaired) electrons. The van der Waals surface area contributed by atoms with E-state index in [1.54, 1.807) is 16.9 Å². The molecule has 0 spiro atoms. The molecule has 7 rings (SSSR count). The van der Waals surface area contributed by atoms with Crippen LogP contribution in [0.15, 0.2) is 67.1 Å². The maximum absolute atomic E-state index is 13.3. The van der Waals surface area contributed by atoms with Gasteiger partial charge in [-0.15, -0.1) is 0 Å². The van der Waals surface area contributed by atoms with Crippen LogP contribution in [0.5, 0.6) is 0 Å². The number of hydrogen-bond acceptors (Lipinski definition) is 7. The SMILES string of the molecule is CN1CCN(c2ccc(NC(=O)c3cnc4c(c3)C(c3ccn5ncc(C(=O)N6CCCCC6)c5c3)=CCN4)cc2)CC1. The smallest absolute Gasteiger partial charge is 0.257 e. The van der Waals surface area contributed by atoms with Crippen LogP contribution >= 0.6 is 0 Å². The highest BCUT2D eigenvalue weighted by Crippen LogP contribution is 2.33. The van der Waals surface area contributed by atoms with Crippen LogP contribution in [-0.2, 0) is 0 Å². The van der Waals surface area contributed by atoms with Crippen molar-refractivity contribution in [1.29, 1.82) is 0 Å². The van der Waals surface area contributed by atoms with E-state index in [0.29, 0.717) is 17.7 Å². The first-order valence-corrected chi connectivity index (χ1v) is 15.1. The molecular formula is C33H36N8O2. The number of anilines is 3. The van der Waals surface area contributed by atoms with E-state index in [-0.39, 0.29) is 11.8 Å². The normalized spacial score (nSPS) is 17.3. The number of carbonyl (C=O) groups excluding carboxylic acids is 2. The molecule has 43 heavy (non-hydrogen) atoms. The van der Waals surface area contributed by atoms with E-state index in [2.05, 4.69) is 55.8 Å². The number of likely N-dealkylation sites (N-methyl/N-ethyl adjacent to an activating group) is 1. The summed E-state index contributed by atoms with van der Waals surface area (Å²) in [7, 11) is 2.15. The van der Waals surface area contributed by atoms with Crippen molar-refractivity contribution in [3.63, 3.8) is 0 Å². The van der Waals surface area contributed by atoms with E-state index < -0.39 is 0 Å². The van der Waals surface area contributed by atoms with Crippen molar-refractivity contribution in [2.75, 3.05) is 68.4 Å². The van der Waals surface area contributed by atoms with Crippen molar-refractivity contribution >= 4 is 40.1 Å². The van der Waals surface area contributed by atoms with Crippen molar-refractivity contribution in [3.05, 3.63) is 89.4 Å². The Kier molecular flexibility index (Phi) is 7.28. The van der Waals surface area contributed by atoms with Crippen molar-refractivity contribution in [2.24, 2.45) is 0 Å². The highest BCUT2D eigenvalue weighted by molar-refractivity contribution is 6.06. The monoisotopic (exact) mass is 576 g/mol. The quantitative estimate of drug-likeness (QED) is 0.367. The molecule has 0 atom stereocenters. The number of fused-ring (bicyclic) bond motifs is 2. The van der Waals surface area contributed by atoms with Gasteiger partial charge in [-0.3, -0.25) is 9.59 Å². The minimum Gasteiger partial charge on any atom is -0.369 e. The van der Waals surface area contributed by atoms with Crippen molar-refractivity contribution in [2.45, 2.75) is 19.3 Å². The summed E-state index contributed by atoms with van der Waals surface area (Å²) in [5, 5.41) is 10.8. The Hall–Kier alpha value is -4.70. The van der Waals surface area contributed by atoms with Crippen LogP contribution in [0.3, 0.4) is 0 Å². The van der Waals surface area contributed by atoms with Gasteiger partial charge in [-0.05, 0) is 79.9 Å². The number of rotatable bonds is 5. The minimum atomic E-state index is -0.215. The largest absolute Gasteiger partial charge is 0.369 e. The fourth-order valence-corrected chi connectivity index (χ4v) is 6.17. The average molecular weight is 577 g/mol. The molecule has 6 heterocycles. The molecule has 4 aromatic rings. The number of piperidine rings is 1. The summed E-state index contributed by atoms with van der Waals surface area (Å²) in [4.78, 5) is 37.9. The molecule has 3 aliphatic rings. The van der Waals surface area contributed by atoms with Gasteiger partial charge in [0.05, 0.1) is 22.8 Å². The third-order valence-electron chi connectivity index (χ3n) is 8.72. The predicted molar refractivity (Wildman–Crippen MR) is 169 cm³/mol. The van der Waals surface area contributed by atoms with Crippen LogP contribution in [-0.4, -0.2) is 89.1 Å². The second kappa shape index (κ2) is 11.5. The van der Waals surface area contributed by atoms with E-state index >= 15 is 0 Å². The van der Waals surface area contributed by atoms with Gasteiger partial charge >= 0.3 is 0 Å². The van der Waals surface area contributed by atoms with Gasteiger partial charge in [0, 0.05) is 75.1 Å². The Morgan fingerprint density at radius 3 is 2.49 bits per heavy atom. The average Bonchev–Trinajstić information content (AvgIpc) is 3.48. The van der Waals surface area contributed by atoms with Gasteiger partial charge in [-0.2, -0.15) is 5.10 Å². The number of likely N-dealkylation sites (tertiary alicyclic amines) is 1. The highest BCUT2D eigenvalue weighted by Gasteiger charge is 2.23. The molecule has 10 heteroatoms. The molecule has 1 aromatic carbocycles. The lowest BCUT2D eigenvalue weighted by Crippen LogP contribution is -2.44. The molecule has 2 N–H and O–H groups in total. The third-order valence-corrected chi connectivity index (χ3v) is 8.72. The topological polar surface area (TPSA) is 98.1 Å². The summed E-state index contributed by atoms with van der Waals surface area (Å²) in [5.41, 5.74) is 6.53. The van der Waals surface area contributed by atoms with Crippen LogP contribution in [0, 0.1) is 0 Å². The van der Waals surface area contributed by atoms with Crippen LogP contribution in [0.25, 0.3) is 11.1 Å². The number of hydrogen-bond donors (Lipinski definition) is 2. The third kappa shape index (κ3) is 5.46. The Labute approximate surface area is 251 Å². The molecule has 3 aliphatic heterocycles. The number of nitrogens with one attached hydrogen (secondary N) is 2. The summed E-state index contributed by atoms with van der Waals surface area (Å²) in [6.45, 7) is 6.28. The summed E-state index contributed by atoms with van der Waals surface area (Å²) < 4.78 is 1.75. The summed E-state index contributed by atoms with van der Waals surface area (Å²) in [6, 6.07) is 13.9. The molecule has 3 aromatic heterocycles. The lowest BCUT2D eigenvalue weighted by Gasteiger charge is -2.34. The molecule has 2 saturated heterocycles. The lowest BCUT2D eigenvalue weighted by atomic mass is 9.95. The van der Waals surface area contributed by atoms with Crippen molar-refractivity contribution < 1.29 is 9.59 Å². The number of pyridine rings is 2. The van der Waals surface area contributed by atoms with Gasteiger partial charge in [-0.1, -0.05) is 6.08 Å². The lowest BCUT2D eigenvalue weighted by molar-refractivity contribution is 0.0726. The standard InChI is InChI=1S/C33H36N8O2/c1-38-15-17-39(18-16-38)26-7-5-25(6-8-26)37-32(42)24-19-28-27(9-11-34-31(28)35-21-24)23-10-14-41-30(20-23)29(22-36-41)33(43)40-12-3-2-4-13-40/h5-10,14,19-22H,2-4,11-13,15-18H2,1H3,(H,34,35)(H,37,42). The summed E-state index contributed by atoms with van der Waals surface area (Å²) >= 11 is 0. The first-order valence-electron chi connectivity index (χ1n) is 15.1. The van der Waals surface area contributed by atoms with E-state index in [9.17, 15) is 9.59 Å². The van der Waals surface area contributed by atoms with Gasteiger partial charge in [0.2, 0.25) is 0 Å². The van der Waals surface area contributed by atoms with Crippen LogP contribution < -0.4 is 15.5 Å². The first-order chi connectivity index (χ1) is 21.0. The van der Waals surface area contributed by atoms with Crippen LogP contribution in [0.2, 0.25) is 0 Å². The Morgan fingerprint density at radius 1 is 0.907 bits per heavy atom. The van der Waals surface area contributed by atoms with E-state index in [0.717, 1.165) is 85.8 Å². The van der Waals surface area contributed by atoms with Gasteiger partial charge in [0.25, 0.3) is 11.8 Å². The number of piperazine rings is 1. The van der Waals surface area contributed by atoms with Gasteiger partial charge in [0.1, 0.15) is 5.82 Å². The van der Waals surface area contributed by atoms with E-state index in [4.69, 9.17) is 0 Å². The number of amides is 2. The van der Waals surface area contributed by atoms with Crippen molar-refractivity contribution in [1.82, 2.24) is 24.4 Å². The van der Waals surface area contributed by atoms with E-state index in [1.807, 2.05) is 41.4 Å². The van der Waals surface area contributed by atoms with E-state index in [1.165, 1.54) is 12.1 Å². The number of aromatic nitrogens is 3. The molecule has 2 amide bonds. The Balaban J connectivity index is 1.11. The predicted octanol–water partition coefficient (Wildman–Crippen LogP) is 4.22. The number of carbonyl (C=O) groups is 2. The van der Waals surface area contributed by atoms with Crippen LogP contribution in [0.4, 0.5) is 17.2 Å². The Morgan fingerprint density at radius 2 is 1.70 bits per heavy atom. The fourth-order valence-electron chi connectivity index (χ4n) is 6.17. The first kappa shape index (κ1) is 27.2. The molecule has 0 aliphatic carbocycles. The molecule has 10 nitrogen and oxygen atoms in total. The minimum absolute atomic E-state index is 0.0312. The zero-order chi connectivity index (χ0) is 29.3. The molecule has 220 valence electrons. The Bertz CT molecular complexity index is 1700. The maximum atomic E-state index is 13.3. The molecule has 0 bridgehead atoms. The molecule has 0 saturated carbocycles. The molecule has 0 unspecified atom stereocenters. The maximum Gasteiger partial charge on any atom is 0.257 e. The molecular weight excluding hydrogens is 540 g/mol. The van der Waals surface area contributed by atoms with Gasteiger partial charge < -0.3 is 25.3 Å². The highest BCUT2D eigenvalue weighted by atomic mass is 16.2. The summed E-state index contributed by atoms with van der Waals surface area (Å²) in [6.07, 6.45) is 10.5. The number of benzene rings is 1.